The lowest BCUT2D eigenvalue weighted by Crippen LogP contribution is -2.38. The summed E-state index contributed by atoms with van der Waals surface area (Å²) in [6.07, 6.45) is 4.66. The monoisotopic (exact) mass is 386 g/mol. The first kappa shape index (κ1) is 20.2. The van der Waals surface area contributed by atoms with E-state index in [1.54, 1.807) is 4.68 Å². The van der Waals surface area contributed by atoms with Crippen molar-refractivity contribution in [2.45, 2.75) is 32.9 Å². The molecule has 28 heavy (non-hydrogen) atoms. The molecule has 1 N–H and O–H groups in total. The van der Waals surface area contributed by atoms with Crippen molar-refractivity contribution in [3.05, 3.63) is 41.7 Å². The number of nitrogens with zero attached hydrogens (tertiary/aromatic N) is 3. The molecule has 0 bridgehead atoms. The average molecular weight is 386 g/mol. The molecule has 1 aliphatic rings. The third-order valence-electron chi connectivity index (χ3n) is 4.74. The van der Waals surface area contributed by atoms with Gasteiger partial charge >= 0.3 is 0 Å². The molecule has 0 saturated carbocycles. The van der Waals surface area contributed by atoms with Crippen LogP contribution in [0.2, 0.25) is 0 Å². The summed E-state index contributed by atoms with van der Waals surface area (Å²) >= 11 is 0. The maximum absolute atomic E-state index is 12.7. The van der Waals surface area contributed by atoms with E-state index in [1.807, 2.05) is 49.6 Å². The lowest BCUT2D eigenvalue weighted by molar-refractivity contribution is -0.123. The summed E-state index contributed by atoms with van der Waals surface area (Å²) < 4.78 is 13.3. The van der Waals surface area contributed by atoms with Crippen LogP contribution in [0.25, 0.3) is 0 Å². The van der Waals surface area contributed by atoms with Crippen LogP contribution < -0.4 is 14.8 Å². The van der Waals surface area contributed by atoms with Crippen molar-refractivity contribution in [3.8, 4) is 11.5 Å². The summed E-state index contributed by atoms with van der Waals surface area (Å²) in [7, 11) is 3.82. The Labute approximate surface area is 166 Å². The minimum Gasteiger partial charge on any atom is -0.490 e. The normalized spacial score (nSPS) is 14.8. The van der Waals surface area contributed by atoms with Crippen molar-refractivity contribution in [2.24, 2.45) is 13.0 Å². The molecule has 0 aliphatic carbocycles. The van der Waals surface area contributed by atoms with E-state index in [2.05, 4.69) is 24.3 Å². The fourth-order valence-corrected chi connectivity index (χ4v) is 3.39. The molecule has 0 spiro atoms. The molecule has 1 atom stereocenters. The van der Waals surface area contributed by atoms with Crippen LogP contribution in [0.1, 0.15) is 37.4 Å². The van der Waals surface area contributed by atoms with Crippen molar-refractivity contribution >= 4 is 5.91 Å². The number of rotatable bonds is 7. The van der Waals surface area contributed by atoms with E-state index < -0.39 is 0 Å². The smallest absolute Gasteiger partial charge is 0.234 e. The largest absolute Gasteiger partial charge is 0.490 e. The van der Waals surface area contributed by atoms with Gasteiger partial charge in [-0.25, -0.2) is 0 Å². The van der Waals surface area contributed by atoms with Gasteiger partial charge < -0.3 is 14.8 Å². The van der Waals surface area contributed by atoms with Crippen LogP contribution in [-0.4, -0.2) is 47.4 Å². The van der Waals surface area contributed by atoms with Crippen LogP contribution in [0.15, 0.2) is 30.6 Å². The highest BCUT2D eigenvalue weighted by Gasteiger charge is 2.21. The molecule has 0 fully saturated rings. The highest BCUT2D eigenvalue weighted by molar-refractivity contribution is 5.78. The molecule has 3 rings (SSSR count). The minimum atomic E-state index is -0.0866. The second-order valence-electron chi connectivity index (χ2n) is 7.74. The van der Waals surface area contributed by atoms with Crippen molar-refractivity contribution in [3.63, 3.8) is 0 Å². The lowest BCUT2D eigenvalue weighted by Gasteiger charge is -2.25. The van der Waals surface area contributed by atoms with Gasteiger partial charge in [-0.1, -0.05) is 19.9 Å². The molecular formula is C21H30N4O3. The Balaban J connectivity index is 1.64. The summed E-state index contributed by atoms with van der Waals surface area (Å²) in [6.45, 7) is 6.52. The molecule has 152 valence electrons. The van der Waals surface area contributed by atoms with E-state index in [4.69, 9.17) is 9.47 Å². The first-order valence-corrected chi connectivity index (χ1v) is 9.77. The fraction of sp³-hybridized carbons (Fsp3) is 0.524. The minimum absolute atomic E-state index is 0.00259. The zero-order chi connectivity index (χ0) is 20.1. The average Bonchev–Trinajstić information content (AvgIpc) is 2.90. The van der Waals surface area contributed by atoms with E-state index in [1.165, 1.54) is 0 Å². The summed E-state index contributed by atoms with van der Waals surface area (Å²) in [6, 6.07) is 5.85. The van der Waals surface area contributed by atoms with Gasteiger partial charge in [-0.05, 0) is 30.7 Å². The molecule has 2 aromatic rings. The Morgan fingerprint density at radius 3 is 2.71 bits per heavy atom. The molecule has 1 amide bonds. The van der Waals surface area contributed by atoms with E-state index in [0.29, 0.717) is 26.3 Å². The van der Waals surface area contributed by atoms with Gasteiger partial charge in [0, 0.05) is 31.8 Å². The zero-order valence-corrected chi connectivity index (χ0v) is 17.1. The van der Waals surface area contributed by atoms with Crippen LogP contribution in [0.5, 0.6) is 11.5 Å². The number of ether oxygens (including phenoxy) is 2. The first-order chi connectivity index (χ1) is 13.4. The first-order valence-electron chi connectivity index (χ1n) is 9.77. The lowest BCUT2D eigenvalue weighted by atomic mass is 9.95. The van der Waals surface area contributed by atoms with E-state index in [0.717, 1.165) is 29.0 Å². The van der Waals surface area contributed by atoms with Gasteiger partial charge in [0.15, 0.2) is 11.5 Å². The fourth-order valence-electron chi connectivity index (χ4n) is 3.39. The van der Waals surface area contributed by atoms with Crippen LogP contribution in [0.3, 0.4) is 0 Å². The number of hydrogen-bond acceptors (Lipinski definition) is 5. The maximum atomic E-state index is 12.7. The van der Waals surface area contributed by atoms with Crippen molar-refractivity contribution < 1.29 is 14.3 Å². The predicted octanol–water partition coefficient (Wildman–Crippen LogP) is 2.53. The second-order valence-corrected chi connectivity index (χ2v) is 7.74. The summed E-state index contributed by atoms with van der Waals surface area (Å²) in [4.78, 5) is 14.6. The van der Waals surface area contributed by atoms with Gasteiger partial charge in [0.1, 0.15) is 0 Å². The predicted molar refractivity (Wildman–Crippen MR) is 107 cm³/mol. The highest BCUT2D eigenvalue weighted by Crippen LogP contribution is 2.34. The van der Waals surface area contributed by atoms with Gasteiger partial charge in [-0.3, -0.25) is 14.4 Å². The molecule has 1 aromatic carbocycles. The number of carbonyl (C=O) groups excluding carboxylic acids is 1. The van der Waals surface area contributed by atoms with Crippen molar-refractivity contribution in [1.29, 1.82) is 0 Å². The summed E-state index contributed by atoms with van der Waals surface area (Å²) in [5.41, 5.74) is 2.11. The number of aryl methyl sites for hydroxylation is 1. The van der Waals surface area contributed by atoms with Crippen LogP contribution in [0, 0.1) is 5.92 Å². The standard InChI is InChI=1S/C21H30N4O3/c1-15(2)21(17-6-7-18-19(10-17)28-9-5-8-27-18)23-20(26)14-24(3)12-16-11-22-25(4)13-16/h6-7,10-11,13,15,21H,5,8-9,12,14H2,1-4H3,(H,23,26). The van der Waals surface area contributed by atoms with Crippen molar-refractivity contribution in [2.75, 3.05) is 26.8 Å². The molecule has 7 heteroatoms. The number of hydrogen-bond donors (Lipinski definition) is 1. The number of fused-ring (bicyclic) bond motifs is 1. The van der Waals surface area contributed by atoms with Crippen LogP contribution >= 0.6 is 0 Å². The molecule has 1 aliphatic heterocycles. The third-order valence-corrected chi connectivity index (χ3v) is 4.74. The summed E-state index contributed by atoms with van der Waals surface area (Å²) in [5, 5.41) is 7.35. The Bertz CT molecular complexity index is 803. The number of aromatic nitrogens is 2. The summed E-state index contributed by atoms with van der Waals surface area (Å²) in [5.74, 6) is 1.77. The number of benzene rings is 1. The number of amides is 1. The maximum Gasteiger partial charge on any atom is 0.234 e. The Morgan fingerprint density at radius 1 is 1.29 bits per heavy atom. The molecule has 0 saturated heterocycles. The zero-order valence-electron chi connectivity index (χ0n) is 17.1. The molecule has 2 heterocycles. The van der Waals surface area contributed by atoms with Gasteiger partial charge in [-0.2, -0.15) is 5.10 Å². The number of carbonyl (C=O) groups is 1. The Hall–Kier alpha value is -2.54. The molecule has 1 unspecified atom stereocenters. The van der Waals surface area contributed by atoms with E-state index in [-0.39, 0.29) is 17.9 Å². The van der Waals surface area contributed by atoms with Crippen molar-refractivity contribution in [1.82, 2.24) is 20.0 Å². The van der Waals surface area contributed by atoms with E-state index in [9.17, 15) is 4.79 Å². The molecule has 0 radical (unpaired) electrons. The van der Waals surface area contributed by atoms with Crippen LogP contribution in [0.4, 0.5) is 0 Å². The van der Waals surface area contributed by atoms with Crippen LogP contribution in [-0.2, 0) is 18.4 Å². The van der Waals surface area contributed by atoms with Gasteiger partial charge in [0.25, 0.3) is 0 Å². The second kappa shape index (κ2) is 9.10. The highest BCUT2D eigenvalue weighted by atomic mass is 16.5. The Kier molecular flexibility index (Phi) is 6.57. The topological polar surface area (TPSA) is 68.6 Å². The quantitative estimate of drug-likeness (QED) is 0.792. The van der Waals surface area contributed by atoms with Gasteiger partial charge in [0.2, 0.25) is 5.91 Å². The van der Waals surface area contributed by atoms with Gasteiger partial charge in [0.05, 0.1) is 32.0 Å². The Morgan fingerprint density at radius 2 is 2.04 bits per heavy atom. The SMILES string of the molecule is CC(C)C(NC(=O)CN(C)Cc1cnn(C)c1)c1ccc2c(c1)OCCCO2. The molecular weight excluding hydrogens is 356 g/mol. The van der Waals surface area contributed by atoms with Gasteiger partial charge in [-0.15, -0.1) is 0 Å². The number of likely N-dealkylation sites (N-methyl/N-ethyl adjacent to an activating group) is 1. The number of nitrogens with one attached hydrogen (secondary N) is 1. The molecule has 1 aromatic heterocycles. The third kappa shape index (κ3) is 5.25. The van der Waals surface area contributed by atoms with E-state index >= 15 is 0 Å². The molecule has 7 nitrogen and oxygen atoms in total.